The van der Waals surface area contributed by atoms with Gasteiger partial charge < -0.3 is 9.64 Å². The Morgan fingerprint density at radius 2 is 1.91 bits per heavy atom. The van der Waals surface area contributed by atoms with Gasteiger partial charge in [0.1, 0.15) is 0 Å². The predicted molar refractivity (Wildman–Crippen MR) is 79.3 cm³/mol. The average molecular weight is 327 g/mol. The van der Waals surface area contributed by atoms with Gasteiger partial charge in [0, 0.05) is 12.1 Å². The van der Waals surface area contributed by atoms with Gasteiger partial charge in [0.25, 0.3) is 5.91 Å². The Labute approximate surface area is 133 Å². The molecule has 1 heterocycles. The van der Waals surface area contributed by atoms with Crippen LogP contribution >= 0.6 is 0 Å². The van der Waals surface area contributed by atoms with E-state index in [2.05, 4.69) is 0 Å². The molecule has 3 nitrogen and oxygen atoms in total. The van der Waals surface area contributed by atoms with Crippen molar-refractivity contribution in [1.29, 1.82) is 0 Å². The Morgan fingerprint density at radius 1 is 1.26 bits per heavy atom. The van der Waals surface area contributed by atoms with Crippen LogP contribution in [0.1, 0.15) is 48.0 Å². The van der Waals surface area contributed by atoms with Gasteiger partial charge in [-0.3, -0.25) is 4.79 Å². The lowest BCUT2D eigenvalue weighted by Crippen LogP contribution is -2.57. The molecule has 1 aromatic rings. The number of amides is 1. The number of hydrogen-bond donors (Lipinski definition) is 0. The van der Waals surface area contributed by atoms with E-state index in [1.807, 2.05) is 0 Å². The summed E-state index contributed by atoms with van der Waals surface area (Å²) in [5.41, 5.74) is 0.421. The van der Waals surface area contributed by atoms with Crippen LogP contribution in [0, 0.1) is 0 Å². The number of hydrogen-bond acceptors (Lipinski definition) is 2. The highest BCUT2D eigenvalue weighted by Crippen LogP contribution is 2.38. The van der Waals surface area contributed by atoms with Crippen LogP contribution < -0.4 is 0 Å². The van der Waals surface area contributed by atoms with E-state index in [9.17, 15) is 18.0 Å². The second-order valence-corrected chi connectivity index (χ2v) is 6.50. The quantitative estimate of drug-likeness (QED) is 0.828. The number of nitrogens with zero attached hydrogens (tertiary/aromatic N) is 1. The van der Waals surface area contributed by atoms with E-state index in [0.29, 0.717) is 25.3 Å². The highest BCUT2D eigenvalue weighted by atomic mass is 19.4. The minimum Gasteiger partial charge on any atom is -0.371 e. The fraction of sp³-hybridized carbons (Fsp3) is 0.588. The van der Waals surface area contributed by atoms with E-state index in [-0.39, 0.29) is 17.1 Å². The summed E-state index contributed by atoms with van der Waals surface area (Å²) in [6, 6.07) is 5.77. The molecule has 0 bridgehead atoms. The summed E-state index contributed by atoms with van der Waals surface area (Å²) in [6.07, 6.45) is -1.21. The number of alkyl halides is 3. The van der Waals surface area contributed by atoms with E-state index in [1.54, 1.807) is 4.90 Å². The molecule has 1 spiro atoms. The second-order valence-electron chi connectivity index (χ2n) is 6.50. The van der Waals surface area contributed by atoms with Gasteiger partial charge >= 0.3 is 6.18 Å². The molecule has 0 unspecified atom stereocenters. The first kappa shape index (κ1) is 16.3. The topological polar surface area (TPSA) is 29.5 Å². The van der Waals surface area contributed by atoms with Gasteiger partial charge in [-0.1, -0.05) is 12.1 Å². The van der Waals surface area contributed by atoms with Crippen molar-refractivity contribution >= 4 is 5.91 Å². The number of rotatable bonds is 2. The SMILES string of the molecule is C[C@H](c1ccc(C(=O)N2CCOC3(CCC3)C2)cc1)C(F)(F)F. The molecule has 2 fully saturated rings. The molecule has 1 amide bonds. The van der Waals surface area contributed by atoms with Crippen LogP contribution in [-0.2, 0) is 4.74 Å². The molecule has 23 heavy (non-hydrogen) atoms. The summed E-state index contributed by atoms with van der Waals surface area (Å²) in [4.78, 5) is 14.3. The molecular formula is C17H20F3NO2. The highest BCUT2D eigenvalue weighted by Gasteiger charge is 2.43. The number of halogens is 3. The van der Waals surface area contributed by atoms with Crippen molar-refractivity contribution in [3.8, 4) is 0 Å². The van der Waals surface area contributed by atoms with E-state index < -0.39 is 12.1 Å². The van der Waals surface area contributed by atoms with Crippen LogP contribution in [0.4, 0.5) is 13.2 Å². The van der Waals surface area contributed by atoms with Gasteiger partial charge in [-0.05, 0) is 43.9 Å². The van der Waals surface area contributed by atoms with Gasteiger partial charge in [0.2, 0.25) is 0 Å². The normalized spacial score (nSPS) is 21.8. The molecule has 1 aliphatic heterocycles. The van der Waals surface area contributed by atoms with Crippen LogP contribution in [-0.4, -0.2) is 42.3 Å². The lowest BCUT2D eigenvalue weighted by Gasteiger charge is -2.48. The molecule has 126 valence electrons. The summed E-state index contributed by atoms with van der Waals surface area (Å²) in [5, 5.41) is 0. The van der Waals surface area contributed by atoms with Gasteiger partial charge in [-0.2, -0.15) is 13.2 Å². The lowest BCUT2D eigenvalue weighted by molar-refractivity contribution is -0.146. The van der Waals surface area contributed by atoms with E-state index in [1.165, 1.54) is 24.3 Å². The van der Waals surface area contributed by atoms with Gasteiger partial charge in [-0.25, -0.2) is 0 Å². The number of ether oxygens (including phenoxy) is 1. The molecule has 1 atom stereocenters. The third-order valence-corrected chi connectivity index (χ3v) is 4.95. The number of morpholine rings is 1. The third-order valence-electron chi connectivity index (χ3n) is 4.95. The molecule has 1 aliphatic carbocycles. The molecule has 3 rings (SSSR count). The maximum atomic E-state index is 12.7. The first-order valence-corrected chi connectivity index (χ1v) is 7.91. The van der Waals surface area contributed by atoms with Gasteiger partial charge in [0.15, 0.2) is 0 Å². The monoisotopic (exact) mass is 327 g/mol. The zero-order chi connectivity index (χ0) is 16.7. The first-order chi connectivity index (χ1) is 10.8. The maximum Gasteiger partial charge on any atom is 0.395 e. The van der Waals surface area contributed by atoms with Gasteiger partial charge in [-0.15, -0.1) is 0 Å². The minimum absolute atomic E-state index is 0.134. The molecule has 0 aromatic heterocycles. The summed E-state index contributed by atoms with van der Waals surface area (Å²) in [5.74, 6) is -1.67. The van der Waals surface area contributed by atoms with E-state index in [0.717, 1.165) is 26.2 Å². The van der Waals surface area contributed by atoms with Crippen molar-refractivity contribution in [1.82, 2.24) is 4.90 Å². The van der Waals surface area contributed by atoms with Crippen molar-refractivity contribution in [2.45, 2.75) is 43.9 Å². The number of carbonyl (C=O) groups excluding carboxylic acids is 1. The summed E-state index contributed by atoms with van der Waals surface area (Å²) in [6.45, 7) is 2.75. The van der Waals surface area contributed by atoms with E-state index in [4.69, 9.17) is 4.74 Å². The Bertz CT molecular complexity index is 578. The van der Waals surface area contributed by atoms with Crippen LogP contribution in [0.5, 0.6) is 0 Å². The standard InChI is InChI=1S/C17H20F3NO2/c1-12(17(18,19)20)13-3-5-14(6-4-13)15(22)21-9-10-23-16(11-21)7-2-8-16/h3-6,12H,2,7-11H2,1H3/t12-/m1/s1. The Balaban J connectivity index is 1.70. The number of benzene rings is 1. The fourth-order valence-electron chi connectivity index (χ4n) is 3.18. The summed E-state index contributed by atoms with van der Waals surface area (Å²) >= 11 is 0. The Kier molecular flexibility index (Phi) is 4.12. The predicted octanol–water partition coefficient (Wildman–Crippen LogP) is 3.75. The van der Waals surface area contributed by atoms with E-state index >= 15 is 0 Å². The molecule has 6 heteroatoms. The Hall–Kier alpha value is -1.56. The van der Waals surface area contributed by atoms with Crippen molar-refractivity contribution in [2.24, 2.45) is 0 Å². The Morgan fingerprint density at radius 3 is 2.43 bits per heavy atom. The van der Waals surface area contributed by atoms with Crippen LogP contribution in [0.3, 0.4) is 0 Å². The van der Waals surface area contributed by atoms with Crippen LogP contribution in [0.25, 0.3) is 0 Å². The summed E-state index contributed by atoms with van der Waals surface area (Å²) < 4.78 is 44.0. The third kappa shape index (κ3) is 3.22. The molecule has 1 saturated heterocycles. The minimum atomic E-state index is -4.27. The van der Waals surface area contributed by atoms with Crippen molar-refractivity contribution < 1.29 is 22.7 Å². The van der Waals surface area contributed by atoms with Crippen molar-refractivity contribution in [3.05, 3.63) is 35.4 Å². The zero-order valence-corrected chi connectivity index (χ0v) is 13.0. The smallest absolute Gasteiger partial charge is 0.371 e. The average Bonchev–Trinajstić information content (AvgIpc) is 2.51. The largest absolute Gasteiger partial charge is 0.395 e. The second kappa shape index (κ2) is 5.82. The van der Waals surface area contributed by atoms with Crippen LogP contribution in [0.2, 0.25) is 0 Å². The number of carbonyl (C=O) groups is 1. The molecular weight excluding hydrogens is 307 g/mol. The molecule has 1 saturated carbocycles. The fourth-order valence-corrected chi connectivity index (χ4v) is 3.18. The first-order valence-electron chi connectivity index (χ1n) is 7.91. The molecule has 2 aliphatic rings. The van der Waals surface area contributed by atoms with Crippen LogP contribution in [0.15, 0.2) is 24.3 Å². The van der Waals surface area contributed by atoms with Crippen molar-refractivity contribution in [2.75, 3.05) is 19.7 Å². The zero-order valence-electron chi connectivity index (χ0n) is 13.0. The maximum absolute atomic E-state index is 12.7. The van der Waals surface area contributed by atoms with Crippen molar-refractivity contribution in [3.63, 3.8) is 0 Å². The molecule has 0 N–H and O–H groups in total. The summed E-state index contributed by atoms with van der Waals surface area (Å²) in [7, 11) is 0. The lowest BCUT2D eigenvalue weighted by atomic mass is 9.79. The highest BCUT2D eigenvalue weighted by molar-refractivity contribution is 5.94. The molecule has 0 radical (unpaired) electrons. The van der Waals surface area contributed by atoms with Gasteiger partial charge in [0.05, 0.1) is 24.7 Å². The molecule has 1 aromatic carbocycles.